The Balaban J connectivity index is 1.27. The lowest BCUT2D eigenvalue weighted by Gasteiger charge is -2.63. The van der Waals surface area contributed by atoms with Crippen LogP contribution in [0.3, 0.4) is 0 Å². The van der Waals surface area contributed by atoms with Crippen molar-refractivity contribution in [1.82, 2.24) is 14.8 Å². The summed E-state index contributed by atoms with van der Waals surface area (Å²) in [5, 5.41) is 14.4. The van der Waals surface area contributed by atoms with Crippen LogP contribution in [0.5, 0.6) is 5.75 Å². The number of ether oxygens (including phenoxy) is 4. The van der Waals surface area contributed by atoms with Gasteiger partial charge in [-0.05, 0) is 99.7 Å². The van der Waals surface area contributed by atoms with Crippen molar-refractivity contribution in [2.75, 3.05) is 84.0 Å². The number of halogens is 2. The van der Waals surface area contributed by atoms with Crippen molar-refractivity contribution < 1.29 is 47.2 Å². The number of carbonyl (C=O) groups is 3. The Morgan fingerprint density at radius 3 is 2.40 bits per heavy atom. The number of methoxy groups -OCH3 is 3. The number of nitrogens with zero attached hydrogens (tertiary/aromatic N) is 4. The molecule has 65 heavy (non-hydrogen) atoms. The van der Waals surface area contributed by atoms with Crippen LogP contribution < -0.4 is 14.5 Å². The lowest BCUT2D eigenvalue weighted by atomic mass is 9.47. The van der Waals surface area contributed by atoms with Gasteiger partial charge in [-0.3, -0.25) is 14.5 Å². The average Bonchev–Trinajstić information content (AvgIpc) is 4.10. The van der Waals surface area contributed by atoms with Crippen LogP contribution in [-0.4, -0.2) is 142 Å². The summed E-state index contributed by atoms with van der Waals surface area (Å²) in [6, 6.07) is 9.01. The third kappa shape index (κ3) is 6.05. The van der Waals surface area contributed by atoms with Gasteiger partial charge in [-0.25, -0.2) is 13.6 Å². The number of hydrogen-bond acceptors (Lipinski definition) is 12. The van der Waals surface area contributed by atoms with Gasteiger partial charge in [0.1, 0.15) is 11.2 Å². The largest absolute Gasteiger partial charge is 0.496 e. The lowest BCUT2D eigenvalue weighted by Crippen LogP contribution is -2.81. The van der Waals surface area contributed by atoms with E-state index < -0.39 is 63.7 Å². The number of carbonyl (C=O) groups excluding carboxylic acids is 3. The molecule has 10 rings (SSSR count). The first-order valence-corrected chi connectivity index (χ1v) is 23.5. The van der Waals surface area contributed by atoms with Crippen LogP contribution in [0, 0.1) is 17.3 Å². The first-order chi connectivity index (χ1) is 31.0. The minimum Gasteiger partial charge on any atom is -0.496 e. The molecule has 2 N–H and O–H groups in total. The molecule has 2 aromatic carbocycles. The third-order valence-electron chi connectivity index (χ3n) is 17.1. The highest BCUT2D eigenvalue weighted by molar-refractivity contribution is 5.96. The normalized spacial score (nSPS) is 35.0. The molecular formula is C50H63F2N5O8. The Bertz CT molecular complexity index is 2470. The van der Waals surface area contributed by atoms with Crippen LogP contribution in [-0.2, 0) is 45.8 Å². The van der Waals surface area contributed by atoms with Gasteiger partial charge in [0.15, 0.2) is 6.10 Å². The van der Waals surface area contributed by atoms with E-state index in [9.17, 15) is 14.7 Å². The number of piperidine rings is 1. The minimum absolute atomic E-state index is 0.154. The number of benzene rings is 2. The zero-order valence-electron chi connectivity index (χ0n) is 38.7. The number of H-pyrrole nitrogens is 1. The summed E-state index contributed by atoms with van der Waals surface area (Å²) in [7, 11) is 6.01. The zero-order chi connectivity index (χ0) is 46.0. The first kappa shape index (κ1) is 44.1. The number of hydrogen-bond donors (Lipinski definition) is 2. The summed E-state index contributed by atoms with van der Waals surface area (Å²) in [4.78, 5) is 55.7. The van der Waals surface area contributed by atoms with Crippen LogP contribution in [0.4, 0.5) is 20.2 Å². The van der Waals surface area contributed by atoms with Crippen molar-refractivity contribution in [3.63, 3.8) is 0 Å². The van der Waals surface area contributed by atoms with E-state index in [2.05, 4.69) is 37.9 Å². The number of nitrogens with one attached hydrogen (secondary N) is 1. The minimum atomic E-state index is -2.94. The van der Waals surface area contributed by atoms with Gasteiger partial charge in [0.2, 0.25) is 11.5 Å². The Morgan fingerprint density at radius 2 is 1.72 bits per heavy atom. The van der Waals surface area contributed by atoms with Crippen molar-refractivity contribution in [2.45, 2.75) is 106 Å². The van der Waals surface area contributed by atoms with Gasteiger partial charge >= 0.3 is 17.9 Å². The zero-order valence-corrected chi connectivity index (χ0v) is 38.7. The van der Waals surface area contributed by atoms with E-state index in [0.717, 1.165) is 60.6 Å². The number of fused-ring (bicyclic) bond motifs is 6. The van der Waals surface area contributed by atoms with Crippen molar-refractivity contribution >= 4 is 40.2 Å². The molecule has 15 heteroatoms. The van der Waals surface area contributed by atoms with E-state index in [1.807, 2.05) is 43.2 Å². The second-order valence-electron chi connectivity index (χ2n) is 20.2. The van der Waals surface area contributed by atoms with E-state index in [1.54, 1.807) is 7.11 Å². The summed E-state index contributed by atoms with van der Waals surface area (Å²) >= 11 is 0. The average molecular weight is 900 g/mol. The van der Waals surface area contributed by atoms with E-state index >= 15 is 13.6 Å². The molecule has 0 radical (unpaired) electrons. The molecule has 3 aromatic rings. The standard InChI is InChI=1S/C50H63F2N5O8/c1-8-47-15-11-19-57-21-16-48(41(47)57)35-24-36(39(62-5)25-38(35)54(4)42(48)50(61,45(60)64-7)43(47)65-29(2)58)49(44(59)63-6)26-30-22-31(46(3,51)52)28-55(27-30)20-14-33-34-23-32(56-17-9-10-18-56)12-13-37(34)53-40(33)49/h11-13,15,23-25,30-31,41-43,53,61H,8-10,14,16-22,26-28H2,1-7H3/t30-,31-,41+,42-,43-,47-,48-,49+,50+/m1/s1. The highest BCUT2D eigenvalue weighted by Gasteiger charge is 2.80. The Morgan fingerprint density at radius 1 is 0.969 bits per heavy atom. The number of esters is 3. The van der Waals surface area contributed by atoms with E-state index in [-0.39, 0.29) is 31.3 Å². The van der Waals surface area contributed by atoms with Crippen LogP contribution in [0.15, 0.2) is 42.5 Å². The topological polar surface area (TPSA) is 137 Å². The molecule has 13 nitrogen and oxygen atoms in total. The molecular weight excluding hydrogens is 837 g/mol. The maximum Gasteiger partial charge on any atom is 0.344 e. The highest BCUT2D eigenvalue weighted by atomic mass is 19.3. The molecule has 0 amide bonds. The predicted molar refractivity (Wildman–Crippen MR) is 241 cm³/mol. The van der Waals surface area contributed by atoms with Crippen LogP contribution >= 0.6 is 0 Å². The molecule has 7 heterocycles. The van der Waals surface area contributed by atoms with Crippen LogP contribution in [0.1, 0.15) is 81.7 Å². The van der Waals surface area contributed by atoms with E-state index in [0.29, 0.717) is 68.1 Å². The van der Waals surface area contributed by atoms with Crippen LogP contribution in [0.25, 0.3) is 10.9 Å². The summed E-state index contributed by atoms with van der Waals surface area (Å²) in [5.41, 5.74) is -0.378. The fraction of sp³-hybridized carbons (Fsp3) is 0.620. The number of aliphatic hydroxyl groups is 1. The first-order valence-electron chi connectivity index (χ1n) is 23.5. The van der Waals surface area contributed by atoms with Gasteiger partial charge in [-0.15, -0.1) is 0 Å². The summed E-state index contributed by atoms with van der Waals surface area (Å²) < 4.78 is 55.1. The van der Waals surface area contributed by atoms with Crippen molar-refractivity contribution in [2.24, 2.45) is 17.3 Å². The molecule has 3 saturated heterocycles. The van der Waals surface area contributed by atoms with Crippen molar-refractivity contribution in [1.29, 1.82) is 0 Å². The van der Waals surface area contributed by atoms with Gasteiger partial charge in [0.05, 0.1) is 27.4 Å². The molecule has 1 aliphatic carbocycles. The number of rotatable bonds is 8. The molecule has 2 bridgehead atoms. The van der Waals surface area contributed by atoms with Gasteiger partial charge in [0, 0.05) is 116 Å². The summed E-state index contributed by atoms with van der Waals surface area (Å²) in [5.74, 6) is -5.91. The monoisotopic (exact) mass is 899 g/mol. The Kier molecular flexibility index (Phi) is 10.5. The Labute approximate surface area is 379 Å². The number of aromatic amines is 1. The lowest BCUT2D eigenvalue weighted by molar-refractivity contribution is -0.228. The highest BCUT2D eigenvalue weighted by Crippen LogP contribution is 2.68. The van der Waals surface area contributed by atoms with Crippen molar-refractivity contribution in [3.8, 4) is 5.75 Å². The van der Waals surface area contributed by atoms with Crippen molar-refractivity contribution in [3.05, 3.63) is 64.9 Å². The summed E-state index contributed by atoms with van der Waals surface area (Å²) in [6.45, 7) is 8.73. The van der Waals surface area contributed by atoms with E-state index in [1.165, 1.54) is 21.1 Å². The quantitative estimate of drug-likeness (QED) is 0.163. The maximum atomic E-state index is 15.6. The second-order valence-corrected chi connectivity index (χ2v) is 20.2. The summed E-state index contributed by atoms with van der Waals surface area (Å²) in [6.07, 6.45) is 6.78. The van der Waals surface area contributed by atoms with Crippen LogP contribution in [0.2, 0.25) is 0 Å². The molecule has 4 fully saturated rings. The molecule has 10 atom stereocenters. The van der Waals surface area contributed by atoms with Gasteiger partial charge in [-0.1, -0.05) is 19.1 Å². The molecule has 6 aliphatic heterocycles. The SMILES string of the molecule is CC[C@]12C=CCN3CC[C@@]4(c5cc([C@@]6(C(=O)OC)C[C@H]7C[C@@H](C(C)(F)F)CN(CCc8c6[nH]c6ccc(N9CCCC9)cc86)C7)c(OC)cc5N(C)[C@H]4[C@@](O)(C(=O)OC)[C@@H]1OC(C)=O)[C@@H]32. The van der Waals surface area contributed by atoms with Gasteiger partial charge in [-0.2, -0.15) is 0 Å². The smallest absolute Gasteiger partial charge is 0.344 e. The third-order valence-corrected chi connectivity index (χ3v) is 17.1. The Hall–Kier alpha value is -4.73. The van der Waals surface area contributed by atoms with Gasteiger partial charge in [0.25, 0.3) is 0 Å². The molecule has 1 saturated carbocycles. The molecule has 1 spiro atoms. The van der Waals surface area contributed by atoms with E-state index in [4.69, 9.17) is 18.9 Å². The second kappa shape index (κ2) is 15.4. The fourth-order valence-corrected chi connectivity index (χ4v) is 14.6. The molecule has 350 valence electrons. The maximum absolute atomic E-state index is 15.6. The number of alkyl halides is 2. The molecule has 7 aliphatic rings. The number of anilines is 2. The predicted octanol–water partition coefficient (Wildman–Crippen LogP) is 5.72. The molecule has 1 unspecified atom stereocenters. The fourth-order valence-electron chi connectivity index (χ4n) is 14.6. The van der Waals surface area contributed by atoms with Gasteiger partial charge < -0.3 is 43.7 Å². The number of likely N-dealkylation sites (N-methyl/N-ethyl adjacent to an activating group) is 1. The number of aromatic nitrogens is 1. The molecule has 1 aromatic heterocycles.